The maximum absolute atomic E-state index is 4.51. The van der Waals surface area contributed by atoms with Gasteiger partial charge in [0.1, 0.15) is 5.82 Å². The van der Waals surface area contributed by atoms with Crippen molar-refractivity contribution in [2.45, 2.75) is 32.9 Å². The van der Waals surface area contributed by atoms with Crippen LogP contribution in [-0.2, 0) is 13.6 Å². The molecule has 0 amide bonds. The van der Waals surface area contributed by atoms with Gasteiger partial charge in [-0.2, -0.15) is 5.10 Å². The molecular formula is C13H21ClN4. The van der Waals surface area contributed by atoms with Crippen LogP contribution in [0.25, 0.3) is 0 Å². The summed E-state index contributed by atoms with van der Waals surface area (Å²) >= 11 is 0. The molecule has 2 rings (SSSR count). The fourth-order valence-corrected chi connectivity index (χ4v) is 1.73. The fourth-order valence-electron chi connectivity index (χ4n) is 1.73. The highest BCUT2D eigenvalue weighted by molar-refractivity contribution is 5.85. The van der Waals surface area contributed by atoms with E-state index in [0.29, 0.717) is 6.04 Å². The highest BCUT2D eigenvalue weighted by atomic mass is 35.5. The Morgan fingerprint density at radius 1 is 1.33 bits per heavy atom. The third-order valence-corrected chi connectivity index (χ3v) is 3.15. The van der Waals surface area contributed by atoms with Crippen molar-refractivity contribution in [2.24, 2.45) is 7.05 Å². The SMILES string of the molecule is CCC(C)n1ccc(NCc2cccn2C)n1.Cl. The van der Waals surface area contributed by atoms with Gasteiger partial charge in [-0.05, 0) is 25.5 Å². The van der Waals surface area contributed by atoms with E-state index in [2.05, 4.69) is 54.2 Å². The van der Waals surface area contributed by atoms with Crippen LogP contribution in [0.2, 0.25) is 0 Å². The third-order valence-electron chi connectivity index (χ3n) is 3.15. The van der Waals surface area contributed by atoms with E-state index in [1.165, 1.54) is 5.69 Å². The summed E-state index contributed by atoms with van der Waals surface area (Å²) in [5.74, 6) is 0.937. The number of aromatic nitrogens is 3. The predicted molar refractivity (Wildman–Crippen MR) is 77.2 cm³/mol. The average Bonchev–Trinajstić information content (AvgIpc) is 2.94. The summed E-state index contributed by atoms with van der Waals surface area (Å²) in [7, 11) is 2.05. The molecular weight excluding hydrogens is 248 g/mol. The van der Waals surface area contributed by atoms with E-state index in [4.69, 9.17) is 0 Å². The predicted octanol–water partition coefficient (Wildman–Crippen LogP) is 3.23. The van der Waals surface area contributed by atoms with E-state index >= 15 is 0 Å². The van der Waals surface area contributed by atoms with E-state index in [1.807, 2.05) is 16.9 Å². The first-order chi connectivity index (χ1) is 8.20. The molecule has 0 aliphatic heterocycles. The minimum absolute atomic E-state index is 0. The van der Waals surface area contributed by atoms with Crippen LogP contribution in [0.4, 0.5) is 5.82 Å². The monoisotopic (exact) mass is 268 g/mol. The van der Waals surface area contributed by atoms with E-state index in [9.17, 15) is 0 Å². The van der Waals surface area contributed by atoms with Crippen molar-refractivity contribution < 1.29 is 0 Å². The molecule has 0 radical (unpaired) electrons. The molecule has 0 saturated carbocycles. The Balaban J connectivity index is 0.00000162. The molecule has 0 aliphatic carbocycles. The van der Waals surface area contributed by atoms with Gasteiger partial charge in [-0.15, -0.1) is 12.4 Å². The van der Waals surface area contributed by atoms with Crippen molar-refractivity contribution in [1.82, 2.24) is 14.3 Å². The molecule has 2 aromatic heterocycles. The number of hydrogen-bond acceptors (Lipinski definition) is 2. The lowest BCUT2D eigenvalue weighted by Crippen LogP contribution is -2.07. The van der Waals surface area contributed by atoms with Gasteiger partial charge in [-0.3, -0.25) is 4.68 Å². The minimum atomic E-state index is 0. The van der Waals surface area contributed by atoms with Gasteiger partial charge in [0.25, 0.3) is 0 Å². The summed E-state index contributed by atoms with van der Waals surface area (Å²) in [6.07, 6.45) is 5.18. The van der Waals surface area contributed by atoms with Crippen LogP contribution in [0.5, 0.6) is 0 Å². The normalized spacial score (nSPS) is 11.9. The molecule has 1 unspecified atom stereocenters. The van der Waals surface area contributed by atoms with Gasteiger partial charge in [-0.1, -0.05) is 6.92 Å². The lowest BCUT2D eigenvalue weighted by atomic mass is 10.3. The maximum Gasteiger partial charge on any atom is 0.148 e. The Labute approximate surface area is 114 Å². The second-order valence-electron chi connectivity index (χ2n) is 4.40. The summed E-state index contributed by atoms with van der Waals surface area (Å²) in [6, 6.07) is 6.64. The van der Waals surface area contributed by atoms with Crippen molar-refractivity contribution in [3.05, 3.63) is 36.3 Å². The van der Waals surface area contributed by atoms with Crippen LogP contribution < -0.4 is 5.32 Å². The number of aryl methyl sites for hydroxylation is 1. The zero-order valence-electron chi connectivity index (χ0n) is 11.1. The number of halogens is 1. The Hall–Kier alpha value is -1.42. The summed E-state index contributed by atoms with van der Waals surface area (Å²) in [6.45, 7) is 5.15. The number of hydrogen-bond donors (Lipinski definition) is 1. The number of nitrogens with one attached hydrogen (secondary N) is 1. The molecule has 0 aromatic carbocycles. The Morgan fingerprint density at radius 3 is 2.72 bits per heavy atom. The first-order valence-corrected chi connectivity index (χ1v) is 6.10. The van der Waals surface area contributed by atoms with Gasteiger partial charge in [0, 0.05) is 37.2 Å². The van der Waals surface area contributed by atoms with Crippen LogP contribution in [0.3, 0.4) is 0 Å². The second-order valence-corrected chi connectivity index (χ2v) is 4.40. The zero-order chi connectivity index (χ0) is 12.3. The van der Waals surface area contributed by atoms with E-state index < -0.39 is 0 Å². The Morgan fingerprint density at radius 2 is 2.11 bits per heavy atom. The number of nitrogens with zero attached hydrogens (tertiary/aromatic N) is 3. The quantitative estimate of drug-likeness (QED) is 0.904. The zero-order valence-corrected chi connectivity index (χ0v) is 11.9. The van der Waals surface area contributed by atoms with E-state index in [-0.39, 0.29) is 12.4 Å². The van der Waals surface area contributed by atoms with Crippen molar-refractivity contribution in [3.63, 3.8) is 0 Å². The van der Waals surface area contributed by atoms with Crippen LogP contribution in [0.1, 0.15) is 32.0 Å². The van der Waals surface area contributed by atoms with Gasteiger partial charge in [0.2, 0.25) is 0 Å². The molecule has 0 saturated heterocycles. The van der Waals surface area contributed by atoms with Gasteiger partial charge < -0.3 is 9.88 Å². The van der Waals surface area contributed by atoms with Crippen molar-refractivity contribution in [3.8, 4) is 0 Å². The van der Waals surface area contributed by atoms with Crippen molar-refractivity contribution in [2.75, 3.05) is 5.32 Å². The van der Waals surface area contributed by atoms with Gasteiger partial charge in [-0.25, -0.2) is 0 Å². The fraction of sp³-hybridized carbons (Fsp3) is 0.462. The van der Waals surface area contributed by atoms with Crippen LogP contribution in [-0.4, -0.2) is 14.3 Å². The molecule has 1 atom stereocenters. The van der Waals surface area contributed by atoms with Crippen molar-refractivity contribution >= 4 is 18.2 Å². The molecule has 2 aromatic rings. The molecule has 18 heavy (non-hydrogen) atoms. The molecule has 2 heterocycles. The van der Waals surface area contributed by atoms with Crippen molar-refractivity contribution in [1.29, 1.82) is 0 Å². The summed E-state index contributed by atoms with van der Waals surface area (Å²) in [5, 5.41) is 7.84. The van der Waals surface area contributed by atoms with E-state index in [1.54, 1.807) is 0 Å². The van der Waals surface area contributed by atoms with Crippen LogP contribution in [0.15, 0.2) is 30.6 Å². The summed E-state index contributed by atoms with van der Waals surface area (Å²) < 4.78 is 4.12. The topological polar surface area (TPSA) is 34.8 Å². The minimum Gasteiger partial charge on any atom is -0.363 e. The average molecular weight is 269 g/mol. The molecule has 0 fully saturated rings. The summed E-state index contributed by atoms with van der Waals surface area (Å²) in [4.78, 5) is 0. The molecule has 100 valence electrons. The molecule has 1 N–H and O–H groups in total. The molecule has 0 spiro atoms. The largest absolute Gasteiger partial charge is 0.363 e. The molecule has 4 nitrogen and oxygen atoms in total. The Bertz CT molecular complexity index is 475. The molecule has 5 heteroatoms. The first-order valence-electron chi connectivity index (χ1n) is 6.10. The number of anilines is 1. The summed E-state index contributed by atoms with van der Waals surface area (Å²) in [5.41, 5.74) is 1.25. The Kier molecular flexibility index (Phi) is 5.28. The maximum atomic E-state index is 4.51. The smallest absolute Gasteiger partial charge is 0.148 e. The van der Waals surface area contributed by atoms with Crippen LogP contribution >= 0.6 is 12.4 Å². The van der Waals surface area contributed by atoms with Gasteiger partial charge in [0.15, 0.2) is 0 Å². The third kappa shape index (κ3) is 3.29. The van der Waals surface area contributed by atoms with Gasteiger partial charge >= 0.3 is 0 Å². The second kappa shape index (κ2) is 6.50. The molecule has 0 bridgehead atoms. The highest BCUT2D eigenvalue weighted by Crippen LogP contribution is 2.12. The lowest BCUT2D eigenvalue weighted by Gasteiger charge is -2.08. The van der Waals surface area contributed by atoms with E-state index in [0.717, 1.165) is 18.8 Å². The highest BCUT2D eigenvalue weighted by Gasteiger charge is 2.04. The molecule has 0 aliphatic rings. The van der Waals surface area contributed by atoms with Crippen LogP contribution in [0, 0.1) is 0 Å². The van der Waals surface area contributed by atoms with Gasteiger partial charge in [0.05, 0.1) is 6.54 Å². The first kappa shape index (κ1) is 14.6. The standard InChI is InChI=1S/C13H20N4.ClH/c1-4-11(2)17-9-7-13(15-17)14-10-12-6-5-8-16(12)3;/h5-9,11H,4,10H2,1-3H3,(H,14,15);1H. The number of rotatable bonds is 5. The lowest BCUT2D eigenvalue weighted by molar-refractivity contribution is 0.479.